The van der Waals surface area contributed by atoms with Crippen molar-refractivity contribution in [3.63, 3.8) is 0 Å². The Balaban J connectivity index is 1.94. The molecule has 0 saturated heterocycles. The van der Waals surface area contributed by atoms with Crippen molar-refractivity contribution in [2.24, 2.45) is 0 Å². The first-order chi connectivity index (χ1) is 9.83. The standard InChI is InChI=1S/C15H18FN3O2/c1-15(2,3)17-12(20)8-9-13-18-19-14(21-13)10-4-6-11(16)7-5-10/h4-7H,8-9H2,1-3H3,(H,17,20). The van der Waals surface area contributed by atoms with Crippen molar-refractivity contribution in [1.82, 2.24) is 15.5 Å². The third kappa shape index (κ3) is 4.66. The molecule has 0 spiro atoms. The molecule has 5 nitrogen and oxygen atoms in total. The van der Waals surface area contributed by atoms with Gasteiger partial charge in [-0.15, -0.1) is 10.2 Å². The molecule has 0 aliphatic rings. The number of hydrogen-bond donors (Lipinski definition) is 1. The van der Waals surface area contributed by atoms with Crippen LogP contribution in [0.1, 0.15) is 33.1 Å². The predicted octanol–water partition coefficient (Wildman–Crippen LogP) is 2.72. The topological polar surface area (TPSA) is 68.0 Å². The molecule has 0 radical (unpaired) electrons. The van der Waals surface area contributed by atoms with Gasteiger partial charge in [-0.1, -0.05) is 0 Å². The molecule has 6 heteroatoms. The lowest BCUT2D eigenvalue weighted by Gasteiger charge is -2.20. The Labute approximate surface area is 122 Å². The summed E-state index contributed by atoms with van der Waals surface area (Å²) < 4.78 is 18.3. The number of carbonyl (C=O) groups is 1. The minimum Gasteiger partial charge on any atom is -0.421 e. The second-order valence-electron chi connectivity index (χ2n) is 5.81. The van der Waals surface area contributed by atoms with Gasteiger partial charge in [0.25, 0.3) is 0 Å². The highest BCUT2D eigenvalue weighted by Gasteiger charge is 2.15. The van der Waals surface area contributed by atoms with Gasteiger partial charge in [-0.3, -0.25) is 4.79 Å². The van der Waals surface area contributed by atoms with E-state index in [0.29, 0.717) is 23.8 Å². The summed E-state index contributed by atoms with van der Waals surface area (Å²) in [5.74, 6) is 0.320. The molecule has 0 atom stereocenters. The quantitative estimate of drug-likeness (QED) is 0.940. The summed E-state index contributed by atoms with van der Waals surface area (Å²) in [5.41, 5.74) is 0.389. The van der Waals surface area contributed by atoms with Crippen LogP contribution in [0, 0.1) is 5.82 Å². The van der Waals surface area contributed by atoms with E-state index in [1.807, 2.05) is 20.8 Å². The smallest absolute Gasteiger partial charge is 0.247 e. The molecular formula is C15H18FN3O2. The molecule has 21 heavy (non-hydrogen) atoms. The molecule has 1 amide bonds. The van der Waals surface area contributed by atoms with Crippen molar-refractivity contribution in [2.45, 2.75) is 39.2 Å². The Morgan fingerprint density at radius 1 is 1.24 bits per heavy atom. The summed E-state index contributed by atoms with van der Waals surface area (Å²) in [4.78, 5) is 11.7. The number of halogens is 1. The maximum atomic E-state index is 12.8. The molecule has 0 aliphatic carbocycles. The van der Waals surface area contributed by atoms with E-state index in [2.05, 4.69) is 15.5 Å². The maximum Gasteiger partial charge on any atom is 0.247 e. The zero-order chi connectivity index (χ0) is 15.5. The molecule has 2 aromatic rings. The fraction of sp³-hybridized carbons (Fsp3) is 0.400. The molecule has 1 aromatic heterocycles. The largest absolute Gasteiger partial charge is 0.421 e. The molecule has 2 rings (SSSR count). The van der Waals surface area contributed by atoms with Gasteiger partial charge in [-0.25, -0.2) is 4.39 Å². The first-order valence-corrected chi connectivity index (χ1v) is 6.73. The van der Waals surface area contributed by atoms with Crippen LogP contribution >= 0.6 is 0 Å². The van der Waals surface area contributed by atoms with E-state index < -0.39 is 0 Å². The third-order valence-corrected chi connectivity index (χ3v) is 2.64. The fourth-order valence-electron chi connectivity index (χ4n) is 1.76. The number of aryl methyl sites for hydroxylation is 1. The monoisotopic (exact) mass is 291 g/mol. The van der Waals surface area contributed by atoms with Crippen LogP contribution in [0.25, 0.3) is 11.5 Å². The minimum atomic E-state index is -0.322. The second kappa shape index (κ2) is 6.03. The summed E-state index contributed by atoms with van der Waals surface area (Å²) in [6.07, 6.45) is 0.651. The lowest BCUT2D eigenvalue weighted by atomic mass is 10.1. The number of hydrogen-bond acceptors (Lipinski definition) is 4. The van der Waals surface area contributed by atoms with E-state index in [9.17, 15) is 9.18 Å². The van der Waals surface area contributed by atoms with Crippen molar-refractivity contribution in [2.75, 3.05) is 0 Å². The SMILES string of the molecule is CC(C)(C)NC(=O)CCc1nnc(-c2ccc(F)cc2)o1. The Bertz CT molecular complexity index is 615. The van der Waals surface area contributed by atoms with Crippen molar-refractivity contribution < 1.29 is 13.6 Å². The van der Waals surface area contributed by atoms with E-state index in [0.717, 1.165) is 0 Å². The highest BCUT2D eigenvalue weighted by Crippen LogP contribution is 2.18. The summed E-state index contributed by atoms with van der Waals surface area (Å²) in [6.45, 7) is 5.76. The van der Waals surface area contributed by atoms with Crippen LogP contribution < -0.4 is 5.32 Å². The van der Waals surface area contributed by atoms with Gasteiger partial charge in [0, 0.05) is 23.9 Å². The molecule has 1 aromatic carbocycles. The first-order valence-electron chi connectivity index (χ1n) is 6.73. The normalized spacial score (nSPS) is 11.4. The first kappa shape index (κ1) is 15.2. The Morgan fingerprint density at radius 2 is 1.90 bits per heavy atom. The molecular weight excluding hydrogens is 273 g/mol. The van der Waals surface area contributed by atoms with Gasteiger partial charge in [-0.05, 0) is 45.0 Å². The van der Waals surface area contributed by atoms with Crippen LogP contribution in [0.5, 0.6) is 0 Å². The third-order valence-electron chi connectivity index (χ3n) is 2.64. The van der Waals surface area contributed by atoms with Crippen molar-refractivity contribution in [3.05, 3.63) is 36.0 Å². The predicted molar refractivity (Wildman–Crippen MR) is 75.9 cm³/mol. The zero-order valence-electron chi connectivity index (χ0n) is 12.3. The van der Waals surface area contributed by atoms with Gasteiger partial charge in [-0.2, -0.15) is 0 Å². The molecule has 0 unspecified atom stereocenters. The van der Waals surface area contributed by atoms with Crippen LogP contribution in [-0.2, 0) is 11.2 Å². The lowest BCUT2D eigenvalue weighted by Crippen LogP contribution is -2.40. The molecule has 1 N–H and O–H groups in total. The Hall–Kier alpha value is -2.24. The summed E-state index contributed by atoms with van der Waals surface area (Å²) in [7, 11) is 0. The highest BCUT2D eigenvalue weighted by atomic mass is 19.1. The van der Waals surface area contributed by atoms with E-state index in [4.69, 9.17) is 4.42 Å². The Kier molecular flexibility index (Phi) is 4.35. The lowest BCUT2D eigenvalue weighted by molar-refractivity contribution is -0.122. The van der Waals surface area contributed by atoms with Crippen molar-refractivity contribution in [1.29, 1.82) is 0 Å². The number of benzene rings is 1. The van der Waals surface area contributed by atoms with Gasteiger partial charge >= 0.3 is 0 Å². The Morgan fingerprint density at radius 3 is 2.52 bits per heavy atom. The average Bonchev–Trinajstić information content (AvgIpc) is 2.84. The van der Waals surface area contributed by atoms with Crippen LogP contribution in [-0.4, -0.2) is 21.6 Å². The van der Waals surface area contributed by atoms with Crippen LogP contribution in [0.15, 0.2) is 28.7 Å². The highest BCUT2D eigenvalue weighted by molar-refractivity contribution is 5.76. The van der Waals surface area contributed by atoms with Crippen LogP contribution in [0.2, 0.25) is 0 Å². The average molecular weight is 291 g/mol. The number of amides is 1. The van der Waals surface area contributed by atoms with Crippen molar-refractivity contribution >= 4 is 5.91 Å². The minimum absolute atomic E-state index is 0.0657. The molecule has 0 bridgehead atoms. The van der Waals surface area contributed by atoms with E-state index in [-0.39, 0.29) is 23.7 Å². The van der Waals surface area contributed by atoms with Crippen LogP contribution in [0.4, 0.5) is 4.39 Å². The number of rotatable bonds is 4. The molecule has 112 valence electrons. The maximum absolute atomic E-state index is 12.8. The summed E-state index contributed by atoms with van der Waals surface area (Å²) >= 11 is 0. The second-order valence-corrected chi connectivity index (χ2v) is 5.81. The van der Waals surface area contributed by atoms with Gasteiger partial charge in [0.15, 0.2) is 0 Å². The van der Waals surface area contributed by atoms with Crippen molar-refractivity contribution in [3.8, 4) is 11.5 Å². The molecule has 0 fully saturated rings. The van der Waals surface area contributed by atoms with Gasteiger partial charge in [0.1, 0.15) is 5.82 Å². The van der Waals surface area contributed by atoms with E-state index >= 15 is 0 Å². The number of nitrogens with zero attached hydrogens (tertiary/aromatic N) is 2. The van der Waals surface area contributed by atoms with Gasteiger partial charge < -0.3 is 9.73 Å². The fourth-order valence-corrected chi connectivity index (χ4v) is 1.76. The number of carbonyl (C=O) groups excluding carboxylic acids is 1. The molecule has 1 heterocycles. The molecule has 0 aliphatic heterocycles. The number of nitrogens with one attached hydrogen (secondary N) is 1. The summed E-state index contributed by atoms with van der Waals surface area (Å²) in [6, 6.07) is 5.80. The molecule has 0 saturated carbocycles. The van der Waals surface area contributed by atoms with Crippen LogP contribution in [0.3, 0.4) is 0 Å². The van der Waals surface area contributed by atoms with E-state index in [1.165, 1.54) is 12.1 Å². The zero-order valence-corrected chi connectivity index (χ0v) is 12.3. The van der Waals surface area contributed by atoms with E-state index in [1.54, 1.807) is 12.1 Å². The summed E-state index contributed by atoms with van der Waals surface area (Å²) in [5, 5.41) is 10.7. The van der Waals surface area contributed by atoms with Gasteiger partial charge in [0.2, 0.25) is 17.7 Å². The number of aromatic nitrogens is 2. The van der Waals surface area contributed by atoms with Gasteiger partial charge in [0.05, 0.1) is 0 Å².